The molecule has 0 aliphatic carbocycles. The lowest BCUT2D eigenvalue weighted by Crippen LogP contribution is -2.44. The molecule has 1 N–H and O–H groups in total. The van der Waals surface area contributed by atoms with Crippen LogP contribution in [0.25, 0.3) is 6.08 Å². The zero-order valence-electron chi connectivity index (χ0n) is 16.7. The summed E-state index contributed by atoms with van der Waals surface area (Å²) >= 11 is 0. The van der Waals surface area contributed by atoms with Crippen molar-refractivity contribution in [3.05, 3.63) is 69.8 Å². The summed E-state index contributed by atoms with van der Waals surface area (Å²) in [6, 6.07) is 9.56. The Morgan fingerprint density at radius 2 is 1.81 bits per heavy atom. The molecule has 0 spiro atoms. The molecule has 164 valence electrons. The Morgan fingerprint density at radius 3 is 2.45 bits per heavy atom. The summed E-state index contributed by atoms with van der Waals surface area (Å²) in [6.07, 6.45) is -2.50. The van der Waals surface area contributed by atoms with E-state index in [2.05, 4.69) is 10.2 Å². The minimum Gasteiger partial charge on any atom is -0.369 e. The smallest absolute Gasteiger partial charge is 0.369 e. The van der Waals surface area contributed by atoms with Gasteiger partial charge in [0.05, 0.1) is 21.7 Å². The number of halogens is 3. The van der Waals surface area contributed by atoms with Crippen LogP contribution in [0.1, 0.15) is 11.1 Å². The van der Waals surface area contributed by atoms with Gasteiger partial charge in [-0.3, -0.25) is 14.9 Å². The first-order valence-corrected chi connectivity index (χ1v) is 9.52. The molecule has 1 heterocycles. The summed E-state index contributed by atoms with van der Waals surface area (Å²) in [5, 5.41) is 13.3. The number of rotatable bonds is 5. The molecule has 31 heavy (non-hydrogen) atoms. The van der Waals surface area contributed by atoms with Crippen LogP contribution in [0.2, 0.25) is 0 Å². The lowest BCUT2D eigenvalue weighted by molar-refractivity contribution is -0.385. The van der Waals surface area contributed by atoms with Crippen LogP contribution in [0.3, 0.4) is 0 Å². The number of anilines is 2. The first-order chi connectivity index (χ1) is 14.6. The van der Waals surface area contributed by atoms with Gasteiger partial charge in [-0.1, -0.05) is 12.1 Å². The van der Waals surface area contributed by atoms with Crippen molar-refractivity contribution in [3.8, 4) is 0 Å². The van der Waals surface area contributed by atoms with Crippen molar-refractivity contribution >= 4 is 29.0 Å². The normalized spacial score (nSPS) is 15.3. The number of nitro benzene ring substituents is 1. The van der Waals surface area contributed by atoms with Crippen LogP contribution >= 0.6 is 0 Å². The zero-order valence-corrected chi connectivity index (χ0v) is 16.7. The molecular weight excluding hydrogens is 413 g/mol. The lowest BCUT2D eigenvalue weighted by atomic mass is 10.1. The summed E-state index contributed by atoms with van der Waals surface area (Å²) in [5.74, 6) is -0.823. The number of benzene rings is 2. The average Bonchev–Trinajstić information content (AvgIpc) is 2.72. The average molecular weight is 434 g/mol. The minimum atomic E-state index is -4.66. The van der Waals surface area contributed by atoms with Gasteiger partial charge < -0.3 is 15.1 Å². The third-order valence-electron chi connectivity index (χ3n) is 4.98. The van der Waals surface area contributed by atoms with E-state index in [9.17, 15) is 28.1 Å². The van der Waals surface area contributed by atoms with Crippen LogP contribution in [0, 0.1) is 10.1 Å². The highest BCUT2D eigenvalue weighted by molar-refractivity contribution is 6.02. The highest BCUT2D eigenvalue weighted by Crippen LogP contribution is 2.37. The fourth-order valence-corrected chi connectivity index (χ4v) is 3.27. The minimum absolute atomic E-state index is 0.170. The largest absolute Gasteiger partial charge is 0.418 e. The SMILES string of the molecule is CN1CCN(c2ccc(NC(=O)/C=C/c3ccccc3[N+](=O)[O-])c(C(F)(F)F)c2)CC1. The number of likely N-dealkylation sites (N-methyl/N-ethyl adjacent to an activating group) is 1. The zero-order chi connectivity index (χ0) is 22.6. The molecule has 0 saturated carbocycles. The fourth-order valence-electron chi connectivity index (χ4n) is 3.27. The molecule has 0 bridgehead atoms. The number of nitrogens with zero attached hydrogens (tertiary/aromatic N) is 3. The van der Waals surface area contributed by atoms with Gasteiger partial charge in [0, 0.05) is 44.0 Å². The van der Waals surface area contributed by atoms with Crippen molar-refractivity contribution in [2.24, 2.45) is 0 Å². The van der Waals surface area contributed by atoms with Gasteiger partial charge >= 0.3 is 6.18 Å². The summed E-state index contributed by atoms with van der Waals surface area (Å²) in [5.41, 5.74) is -0.920. The summed E-state index contributed by atoms with van der Waals surface area (Å²) in [7, 11) is 1.95. The van der Waals surface area contributed by atoms with Crippen molar-refractivity contribution in [2.45, 2.75) is 6.18 Å². The summed E-state index contributed by atoms with van der Waals surface area (Å²) in [6.45, 7) is 2.71. The maximum absolute atomic E-state index is 13.6. The fraction of sp³-hybridized carbons (Fsp3) is 0.286. The van der Waals surface area contributed by atoms with E-state index >= 15 is 0 Å². The Balaban J connectivity index is 1.80. The molecule has 1 fully saturated rings. The molecule has 2 aromatic rings. The van der Waals surface area contributed by atoms with Gasteiger partial charge in [0.1, 0.15) is 0 Å². The Kier molecular flexibility index (Phi) is 6.59. The van der Waals surface area contributed by atoms with E-state index in [1.165, 1.54) is 30.3 Å². The molecule has 3 rings (SSSR count). The number of hydrogen-bond donors (Lipinski definition) is 1. The predicted octanol–water partition coefficient (Wildman–Crippen LogP) is 4.02. The van der Waals surface area contributed by atoms with Crippen molar-refractivity contribution in [2.75, 3.05) is 43.4 Å². The van der Waals surface area contributed by atoms with Crippen LogP contribution in [0.15, 0.2) is 48.5 Å². The second-order valence-corrected chi connectivity index (χ2v) is 7.16. The van der Waals surface area contributed by atoms with E-state index in [-0.39, 0.29) is 16.9 Å². The van der Waals surface area contributed by atoms with Gasteiger partial charge in [-0.2, -0.15) is 13.2 Å². The van der Waals surface area contributed by atoms with E-state index in [0.29, 0.717) is 18.8 Å². The van der Waals surface area contributed by atoms with E-state index in [1.54, 1.807) is 12.1 Å². The number of nitro groups is 1. The van der Waals surface area contributed by atoms with Crippen molar-refractivity contribution < 1.29 is 22.9 Å². The number of piperazine rings is 1. The number of hydrogen-bond acceptors (Lipinski definition) is 5. The Labute approximate surface area is 176 Å². The monoisotopic (exact) mass is 434 g/mol. The number of alkyl halides is 3. The van der Waals surface area contributed by atoms with Crippen LogP contribution in [-0.4, -0.2) is 49.0 Å². The maximum atomic E-state index is 13.6. The van der Waals surface area contributed by atoms with Gasteiger partial charge in [0.2, 0.25) is 5.91 Å². The van der Waals surface area contributed by atoms with E-state index in [4.69, 9.17) is 0 Å². The van der Waals surface area contributed by atoms with Gasteiger partial charge in [-0.25, -0.2) is 0 Å². The molecular formula is C21H21F3N4O3. The first-order valence-electron chi connectivity index (χ1n) is 9.52. The molecule has 0 aromatic heterocycles. The standard InChI is InChI=1S/C21H21F3N4O3/c1-26-10-12-27(13-11-26)16-7-8-18(17(14-16)21(22,23)24)25-20(29)9-6-15-4-2-3-5-19(15)28(30)31/h2-9,14H,10-13H2,1H3,(H,25,29)/b9-6+. The summed E-state index contributed by atoms with van der Waals surface area (Å²) in [4.78, 5) is 26.6. The highest BCUT2D eigenvalue weighted by atomic mass is 19.4. The molecule has 7 nitrogen and oxygen atoms in total. The molecule has 0 unspecified atom stereocenters. The number of carbonyl (C=O) groups is 1. The summed E-state index contributed by atoms with van der Waals surface area (Å²) < 4.78 is 40.9. The predicted molar refractivity (Wildman–Crippen MR) is 112 cm³/mol. The molecule has 0 radical (unpaired) electrons. The van der Waals surface area contributed by atoms with Gasteiger partial charge in [-0.05, 0) is 37.4 Å². The van der Waals surface area contributed by atoms with Crippen LogP contribution in [-0.2, 0) is 11.0 Å². The molecule has 2 aromatic carbocycles. The Morgan fingerprint density at radius 1 is 1.13 bits per heavy atom. The second-order valence-electron chi connectivity index (χ2n) is 7.16. The number of amides is 1. The van der Waals surface area contributed by atoms with Crippen molar-refractivity contribution in [1.29, 1.82) is 0 Å². The maximum Gasteiger partial charge on any atom is 0.418 e. The molecule has 10 heteroatoms. The molecule has 1 aliphatic heterocycles. The van der Waals surface area contributed by atoms with Gasteiger partial charge in [0.25, 0.3) is 5.69 Å². The van der Waals surface area contributed by atoms with Crippen LogP contribution < -0.4 is 10.2 Å². The number of nitrogens with one attached hydrogen (secondary N) is 1. The van der Waals surface area contributed by atoms with Gasteiger partial charge in [0.15, 0.2) is 0 Å². The van der Waals surface area contributed by atoms with E-state index in [1.807, 2.05) is 11.9 Å². The van der Waals surface area contributed by atoms with Crippen molar-refractivity contribution in [1.82, 2.24) is 4.90 Å². The second kappa shape index (κ2) is 9.17. The van der Waals surface area contributed by atoms with E-state index in [0.717, 1.165) is 25.2 Å². The van der Waals surface area contributed by atoms with Crippen LogP contribution in [0.4, 0.5) is 30.2 Å². The topological polar surface area (TPSA) is 78.7 Å². The molecule has 1 saturated heterocycles. The Bertz CT molecular complexity index is 1000. The van der Waals surface area contributed by atoms with Crippen LogP contribution in [0.5, 0.6) is 0 Å². The van der Waals surface area contributed by atoms with Gasteiger partial charge in [-0.15, -0.1) is 0 Å². The number of para-hydroxylation sites is 1. The Hall–Kier alpha value is -3.40. The van der Waals surface area contributed by atoms with Crippen molar-refractivity contribution in [3.63, 3.8) is 0 Å². The quantitative estimate of drug-likeness (QED) is 0.437. The first kappa shape index (κ1) is 22.3. The molecule has 1 amide bonds. The third kappa shape index (κ3) is 5.60. The highest BCUT2D eigenvalue weighted by Gasteiger charge is 2.34. The number of carbonyl (C=O) groups excluding carboxylic acids is 1. The molecule has 1 aliphatic rings. The lowest BCUT2D eigenvalue weighted by Gasteiger charge is -2.34. The molecule has 0 atom stereocenters. The third-order valence-corrected chi connectivity index (χ3v) is 4.98. The van der Waals surface area contributed by atoms with E-state index < -0.39 is 22.6 Å².